The third kappa shape index (κ3) is 2.12. The van der Waals surface area contributed by atoms with Gasteiger partial charge in [0, 0.05) is 24.1 Å². The van der Waals surface area contributed by atoms with E-state index in [2.05, 4.69) is 20.5 Å². The lowest BCUT2D eigenvalue weighted by atomic mass is 10.2. The molecule has 0 saturated heterocycles. The van der Waals surface area contributed by atoms with Gasteiger partial charge in [-0.3, -0.25) is 4.79 Å². The fourth-order valence-corrected chi connectivity index (χ4v) is 1.47. The number of amides is 1. The van der Waals surface area contributed by atoms with Crippen molar-refractivity contribution >= 4 is 23.3 Å². The van der Waals surface area contributed by atoms with Crippen molar-refractivity contribution in [1.82, 2.24) is 10.3 Å². The monoisotopic (exact) mass is 224 g/mol. The van der Waals surface area contributed by atoms with E-state index >= 15 is 0 Å². The first-order valence-corrected chi connectivity index (χ1v) is 5.06. The molecular weight excluding hydrogens is 216 g/mol. The van der Waals surface area contributed by atoms with Crippen molar-refractivity contribution < 1.29 is 4.79 Å². The van der Waals surface area contributed by atoms with E-state index in [1.54, 1.807) is 12.3 Å². The highest BCUT2D eigenvalue weighted by molar-refractivity contribution is 6.18. The van der Waals surface area contributed by atoms with Crippen LogP contribution in [-0.4, -0.2) is 16.8 Å². The van der Waals surface area contributed by atoms with Crippen molar-refractivity contribution in [2.75, 3.05) is 5.88 Å². The predicted molar refractivity (Wildman–Crippen MR) is 55.0 cm³/mol. The Morgan fingerprint density at radius 3 is 3.27 bits per heavy atom. The number of rotatable bonds is 3. The van der Waals surface area contributed by atoms with Crippen molar-refractivity contribution in [2.45, 2.75) is 12.6 Å². The molecule has 0 fully saturated rings. The fourth-order valence-electron chi connectivity index (χ4n) is 1.30. The van der Waals surface area contributed by atoms with E-state index in [-0.39, 0.29) is 12.3 Å². The topological polar surface area (TPSA) is 66.7 Å². The Labute approximate surface area is 91.6 Å². The van der Waals surface area contributed by atoms with Crippen LogP contribution in [0.5, 0.6) is 0 Å². The Morgan fingerprint density at radius 2 is 2.47 bits per heavy atom. The van der Waals surface area contributed by atoms with Gasteiger partial charge in [-0.05, 0) is 12.1 Å². The highest BCUT2D eigenvalue weighted by Crippen LogP contribution is 2.31. The number of alkyl halides is 1. The van der Waals surface area contributed by atoms with Gasteiger partial charge in [0.15, 0.2) is 12.0 Å². The zero-order valence-corrected chi connectivity index (χ0v) is 8.61. The number of hydrogen-bond acceptors (Lipinski definition) is 4. The molecular formula is C9H9ClN4O. The quantitative estimate of drug-likeness (QED) is 0.797. The lowest BCUT2D eigenvalue weighted by Crippen LogP contribution is -2.26. The van der Waals surface area contributed by atoms with Crippen LogP contribution >= 0.6 is 11.6 Å². The maximum atomic E-state index is 11.3. The summed E-state index contributed by atoms with van der Waals surface area (Å²) in [6, 6.07) is 3.63. The van der Waals surface area contributed by atoms with E-state index < -0.39 is 6.17 Å². The molecule has 1 aromatic rings. The number of nitrogens with one attached hydrogen (secondary N) is 1. The number of fused-ring (bicyclic) bond motifs is 1. The normalized spacial score (nSPS) is 17.5. The number of aromatic nitrogens is 1. The van der Waals surface area contributed by atoms with Gasteiger partial charge in [0.1, 0.15) is 0 Å². The summed E-state index contributed by atoms with van der Waals surface area (Å²) in [4.78, 5) is 15.3. The molecule has 5 nitrogen and oxygen atoms in total. The van der Waals surface area contributed by atoms with Gasteiger partial charge in [0.2, 0.25) is 5.91 Å². The standard InChI is InChI=1S/C9H9ClN4O/c10-4-3-7(15)12-9-6-2-1-5-11-8(6)13-14-9/h1-2,5,9H,3-4H2,(H,12,15). The van der Waals surface area contributed by atoms with Crippen molar-refractivity contribution in [3.05, 3.63) is 23.9 Å². The number of carbonyl (C=O) groups is 1. The zero-order chi connectivity index (χ0) is 10.7. The summed E-state index contributed by atoms with van der Waals surface area (Å²) in [6.07, 6.45) is 1.51. The van der Waals surface area contributed by atoms with Crippen LogP contribution in [0.3, 0.4) is 0 Å². The second kappa shape index (κ2) is 4.35. The molecule has 1 aromatic heterocycles. The number of pyridine rings is 1. The Bertz CT molecular complexity index is 407. The van der Waals surface area contributed by atoms with Crippen LogP contribution in [0.4, 0.5) is 5.82 Å². The Kier molecular flexibility index (Phi) is 2.91. The molecule has 1 unspecified atom stereocenters. The smallest absolute Gasteiger partial charge is 0.223 e. The third-order valence-electron chi connectivity index (χ3n) is 2.00. The molecule has 2 heterocycles. The maximum absolute atomic E-state index is 11.3. The summed E-state index contributed by atoms with van der Waals surface area (Å²) in [6.45, 7) is 0. The molecule has 78 valence electrons. The Hall–Kier alpha value is -1.49. The summed E-state index contributed by atoms with van der Waals surface area (Å²) in [5.74, 6) is 0.731. The molecule has 0 radical (unpaired) electrons. The minimum atomic E-state index is -0.413. The van der Waals surface area contributed by atoms with Gasteiger partial charge in [-0.15, -0.1) is 16.7 Å². The summed E-state index contributed by atoms with van der Waals surface area (Å²) in [7, 11) is 0. The van der Waals surface area contributed by atoms with Gasteiger partial charge in [0.25, 0.3) is 0 Å². The van der Waals surface area contributed by atoms with Gasteiger partial charge < -0.3 is 5.32 Å². The van der Waals surface area contributed by atoms with E-state index in [4.69, 9.17) is 11.6 Å². The molecule has 1 aliphatic heterocycles. The second-order valence-corrected chi connectivity index (χ2v) is 3.42. The molecule has 0 bridgehead atoms. The summed E-state index contributed by atoms with van der Waals surface area (Å²) in [5, 5.41) is 10.5. The van der Waals surface area contributed by atoms with Crippen LogP contribution in [0, 0.1) is 0 Å². The first-order chi connectivity index (χ1) is 7.31. The van der Waals surface area contributed by atoms with Crippen molar-refractivity contribution in [2.24, 2.45) is 10.2 Å². The van der Waals surface area contributed by atoms with Gasteiger partial charge in [0.05, 0.1) is 0 Å². The van der Waals surface area contributed by atoms with Gasteiger partial charge in [-0.25, -0.2) is 4.98 Å². The van der Waals surface area contributed by atoms with E-state index in [0.29, 0.717) is 11.7 Å². The maximum Gasteiger partial charge on any atom is 0.223 e. The minimum absolute atomic E-state index is 0.134. The molecule has 0 saturated carbocycles. The highest BCUT2D eigenvalue weighted by atomic mass is 35.5. The van der Waals surface area contributed by atoms with Crippen molar-refractivity contribution in [3.8, 4) is 0 Å². The summed E-state index contributed by atoms with van der Waals surface area (Å²) >= 11 is 5.45. The average Bonchev–Trinajstić information content (AvgIpc) is 2.62. The largest absolute Gasteiger partial charge is 0.329 e. The minimum Gasteiger partial charge on any atom is -0.329 e. The lowest BCUT2D eigenvalue weighted by molar-refractivity contribution is -0.121. The molecule has 1 aliphatic rings. The Balaban J connectivity index is 2.08. The molecule has 0 spiro atoms. The molecule has 6 heteroatoms. The van der Waals surface area contributed by atoms with E-state index in [1.807, 2.05) is 6.07 Å². The Morgan fingerprint density at radius 1 is 1.60 bits per heavy atom. The van der Waals surface area contributed by atoms with Crippen LogP contribution in [-0.2, 0) is 4.79 Å². The lowest BCUT2D eigenvalue weighted by Gasteiger charge is -2.08. The van der Waals surface area contributed by atoms with Crippen LogP contribution in [0.1, 0.15) is 18.2 Å². The van der Waals surface area contributed by atoms with E-state index in [0.717, 1.165) is 5.56 Å². The summed E-state index contributed by atoms with van der Waals surface area (Å²) < 4.78 is 0. The molecule has 1 amide bonds. The molecule has 2 rings (SSSR count). The first kappa shape index (κ1) is 10.0. The average molecular weight is 225 g/mol. The number of carbonyl (C=O) groups excluding carboxylic acids is 1. The van der Waals surface area contributed by atoms with Crippen LogP contribution in [0.2, 0.25) is 0 Å². The second-order valence-electron chi connectivity index (χ2n) is 3.04. The number of nitrogens with zero attached hydrogens (tertiary/aromatic N) is 3. The first-order valence-electron chi connectivity index (χ1n) is 4.52. The molecule has 15 heavy (non-hydrogen) atoms. The van der Waals surface area contributed by atoms with Crippen LogP contribution in [0.25, 0.3) is 0 Å². The third-order valence-corrected chi connectivity index (χ3v) is 2.19. The zero-order valence-electron chi connectivity index (χ0n) is 7.85. The SMILES string of the molecule is O=C(CCCl)NC1N=Nc2ncccc21. The van der Waals surface area contributed by atoms with Crippen LogP contribution < -0.4 is 5.32 Å². The fraction of sp³-hybridized carbons (Fsp3) is 0.333. The van der Waals surface area contributed by atoms with Gasteiger partial charge in [-0.1, -0.05) is 0 Å². The van der Waals surface area contributed by atoms with Gasteiger partial charge >= 0.3 is 0 Å². The number of azo groups is 1. The highest BCUT2D eigenvalue weighted by Gasteiger charge is 2.22. The molecule has 1 N–H and O–H groups in total. The van der Waals surface area contributed by atoms with E-state index in [1.165, 1.54) is 0 Å². The summed E-state index contributed by atoms with van der Waals surface area (Å²) in [5.41, 5.74) is 0.820. The predicted octanol–water partition coefficient (Wildman–Crippen LogP) is 1.92. The number of hydrogen-bond donors (Lipinski definition) is 1. The molecule has 1 atom stereocenters. The van der Waals surface area contributed by atoms with Gasteiger partial charge in [-0.2, -0.15) is 5.11 Å². The number of halogens is 1. The van der Waals surface area contributed by atoms with E-state index in [9.17, 15) is 4.79 Å². The molecule has 0 aliphatic carbocycles. The molecule has 0 aromatic carbocycles. The van der Waals surface area contributed by atoms with Crippen molar-refractivity contribution in [1.29, 1.82) is 0 Å². The van der Waals surface area contributed by atoms with Crippen LogP contribution in [0.15, 0.2) is 28.6 Å². The van der Waals surface area contributed by atoms with Crippen molar-refractivity contribution in [3.63, 3.8) is 0 Å².